The highest BCUT2D eigenvalue weighted by atomic mass is 19.4. The van der Waals surface area contributed by atoms with Crippen LogP contribution in [0.5, 0.6) is 0 Å². The lowest BCUT2D eigenvalue weighted by molar-refractivity contribution is -0.141. The van der Waals surface area contributed by atoms with Gasteiger partial charge in [-0.3, -0.25) is 9.48 Å². The Hall–Kier alpha value is -3.76. The number of nitrogens with zero attached hydrogens (tertiary/aromatic N) is 5. The zero-order valence-corrected chi connectivity index (χ0v) is 17.6. The number of alkyl halides is 3. The van der Waals surface area contributed by atoms with E-state index in [1.807, 2.05) is 0 Å². The molecule has 1 aliphatic rings. The molecule has 5 rings (SSSR count). The minimum Gasteiger partial charge on any atom is -0.383 e. The van der Waals surface area contributed by atoms with E-state index < -0.39 is 29.6 Å². The molecule has 33 heavy (non-hydrogen) atoms. The normalized spacial score (nSPS) is 15.9. The van der Waals surface area contributed by atoms with Crippen molar-refractivity contribution in [2.45, 2.75) is 25.1 Å². The van der Waals surface area contributed by atoms with E-state index in [1.54, 1.807) is 17.9 Å². The fraction of sp³-hybridized carbons (Fsp3) is 0.273. The van der Waals surface area contributed by atoms with E-state index in [1.165, 1.54) is 24.1 Å². The molecular weight excluding hydrogens is 440 g/mol. The molecule has 7 nitrogen and oxygen atoms in total. The number of pyridine rings is 2. The Kier molecular flexibility index (Phi) is 4.56. The average molecular weight is 458 g/mol. The topological polar surface area (TPSA) is 89.9 Å². The maximum Gasteiger partial charge on any atom is 0.433 e. The minimum atomic E-state index is -4.54. The van der Waals surface area contributed by atoms with Crippen LogP contribution in [0.1, 0.15) is 39.8 Å². The van der Waals surface area contributed by atoms with Gasteiger partial charge in [0, 0.05) is 31.2 Å². The molecule has 1 aliphatic carbocycles. The van der Waals surface area contributed by atoms with Gasteiger partial charge in [0.05, 0.1) is 34.2 Å². The molecule has 0 radical (unpaired) electrons. The quantitative estimate of drug-likeness (QED) is 0.459. The van der Waals surface area contributed by atoms with Crippen LogP contribution >= 0.6 is 0 Å². The zero-order chi connectivity index (χ0) is 23.7. The van der Waals surface area contributed by atoms with Crippen molar-refractivity contribution >= 4 is 33.5 Å². The third kappa shape index (κ3) is 3.26. The van der Waals surface area contributed by atoms with Crippen molar-refractivity contribution in [1.82, 2.24) is 24.6 Å². The Bertz CT molecular complexity index is 1440. The predicted octanol–water partition coefficient (Wildman–Crippen LogP) is 4.02. The average Bonchev–Trinajstić information content (AvgIpc) is 3.36. The molecule has 3 aromatic heterocycles. The monoisotopic (exact) mass is 458 g/mol. The zero-order valence-electron chi connectivity index (χ0n) is 17.6. The molecule has 1 atom stereocenters. The number of fused-ring (bicyclic) bond motifs is 4. The molecule has 0 saturated carbocycles. The van der Waals surface area contributed by atoms with Crippen molar-refractivity contribution in [3.8, 4) is 0 Å². The number of nitrogens with two attached hydrogens (primary N) is 1. The molecule has 4 aromatic rings. The fourth-order valence-corrected chi connectivity index (χ4v) is 4.48. The third-order valence-electron chi connectivity index (χ3n) is 6.13. The highest BCUT2D eigenvalue weighted by molar-refractivity contribution is 6.10. The standard InChI is InChI=1S/C22H18F4N6O/c1-31(17-5-4-15-10(17)3-6-18(29-15)22(24,25)26)21(33)11-7-12-16(8-14(11)23)30-20(27)13-9-28-32(2)19(12)13/h3,6-9,17H,4-5H2,1-2H3,(H2,27,30)/t17-/m0/s1. The van der Waals surface area contributed by atoms with Crippen LogP contribution in [0.4, 0.5) is 23.4 Å². The van der Waals surface area contributed by atoms with Crippen LogP contribution in [0, 0.1) is 5.82 Å². The largest absolute Gasteiger partial charge is 0.433 e. The maximum atomic E-state index is 15.0. The van der Waals surface area contributed by atoms with Crippen LogP contribution in [-0.2, 0) is 19.6 Å². The number of hydrogen-bond donors (Lipinski definition) is 1. The van der Waals surface area contributed by atoms with Gasteiger partial charge in [-0.05, 0) is 30.5 Å². The molecule has 0 fully saturated rings. The van der Waals surface area contributed by atoms with Crippen molar-refractivity contribution in [2.75, 3.05) is 12.8 Å². The molecule has 0 spiro atoms. The molecule has 0 unspecified atom stereocenters. The highest BCUT2D eigenvalue weighted by Gasteiger charge is 2.36. The number of aromatic nitrogens is 4. The number of hydrogen-bond acceptors (Lipinski definition) is 5. The number of amides is 1. The molecule has 170 valence electrons. The molecule has 0 bridgehead atoms. The summed E-state index contributed by atoms with van der Waals surface area (Å²) in [5.41, 5.74) is 6.55. The summed E-state index contributed by atoms with van der Waals surface area (Å²) < 4.78 is 55.5. The van der Waals surface area contributed by atoms with Gasteiger partial charge in [0.25, 0.3) is 5.91 Å². The molecule has 11 heteroatoms. The van der Waals surface area contributed by atoms with Gasteiger partial charge in [0.2, 0.25) is 0 Å². The van der Waals surface area contributed by atoms with E-state index in [2.05, 4.69) is 15.1 Å². The number of carbonyl (C=O) groups excluding carboxylic acids is 1. The smallest absolute Gasteiger partial charge is 0.383 e. The van der Waals surface area contributed by atoms with Gasteiger partial charge >= 0.3 is 6.18 Å². The molecular formula is C22H18F4N6O. The van der Waals surface area contributed by atoms with Crippen molar-refractivity contribution < 1.29 is 22.4 Å². The maximum absolute atomic E-state index is 15.0. The lowest BCUT2D eigenvalue weighted by Crippen LogP contribution is -2.31. The lowest BCUT2D eigenvalue weighted by atomic mass is 10.0. The first-order valence-electron chi connectivity index (χ1n) is 10.1. The second-order valence-corrected chi connectivity index (χ2v) is 8.08. The first kappa shape index (κ1) is 21.1. The summed E-state index contributed by atoms with van der Waals surface area (Å²) in [6.07, 6.45) is -2.31. The van der Waals surface area contributed by atoms with Crippen LogP contribution in [0.15, 0.2) is 30.5 Å². The van der Waals surface area contributed by atoms with Crippen LogP contribution < -0.4 is 5.73 Å². The number of anilines is 1. The van der Waals surface area contributed by atoms with Crippen molar-refractivity contribution in [1.29, 1.82) is 0 Å². The minimum absolute atomic E-state index is 0.174. The van der Waals surface area contributed by atoms with Crippen molar-refractivity contribution in [3.63, 3.8) is 0 Å². The van der Waals surface area contributed by atoms with Crippen molar-refractivity contribution in [3.05, 3.63) is 58.8 Å². The molecule has 0 aliphatic heterocycles. The van der Waals surface area contributed by atoms with E-state index in [4.69, 9.17) is 5.73 Å². The summed E-state index contributed by atoms with van der Waals surface area (Å²) in [4.78, 5) is 22.6. The number of carbonyl (C=O) groups is 1. The van der Waals surface area contributed by atoms with E-state index in [0.717, 1.165) is 12.1 Å². The van der Waals surface area contributed by atoms with Gasteiger partial charge in [0.1, 0.15) is 17.3 Å². The number of rotatable bonds is 2. The number of halogens is 4. The number of aryl methyl sites for hydroxylation is 2. The second kappa shape index (κ2) is 7.12. The lowest BCUT2D eigenvalue weighted by Gasteiger charge is -2.26. The summed E-state index contributed by atoms with van der Waals surface area (Å²) in [5.74, 6) is -1.16. The molecule has 1 aromatic carbocycles. The van der Waals surface area contributed by atoms with E-state index >= 15 is 0 Å². The molecule has 1 amide bonds. The second-order valence-electron chi connectivity index (χ2n) is 8.08. The van der Waals surface area contributed by atoms with Crippen LogP contribution in [0.2, 0.25) is 0 Å². The van der Waals surface area contributed by atoms with Crippen molar-refractivity contribution in [2.24, 2.45) is 7.05 Å². The molecule has 0 saturated heterocycles. The number of nitrogen functional groups attached to an aromatic ring is 1. The number of benzene rings is 1. The Labute approximate surface area is 184 Å². The summed E-state index contributed by atoms with van der Waals surface area (Å²) >= 11 is 0. The van der Waals surface area contributed by atoms with Gasteiger partial charge in [-0.15, -0.1) is 0 Å². The van der Waals surface area contributed by atoms with Gasteiger partial charge in [-0.1, -0.05) is 6.07 Å². The highest BCUT2D eigenvalue weighted by Crippen LogP contribution is 2.38. The summed E-state index contributed by atoms with van der Waals surface area (Å²) in [6.45, 7) is 0. The summed E-state index contributed by atoms with van der Waals surface area (Å²) in [7, 11) is 3.21. The van der Waals surface area contributed by atoms with Gasteiger partial charge in [-0.2, -0.15) is 18.3 Å². The Morgan fingerprint density at radius 3 is 2.70 bits per heavy atom. The van der Waals surface area contributed by atoms with Crippen LogP contribution in [-0.4, -0.2) is 37.6 Å². The van der Waals surface area contributed by atoms with Crippen LogP contribution in [0.25, 0.3) is 21.8 Å². The van der Waals surface area contributed by atoms with E-state index in [-0.39, 0.29) is 16.9 Å². The summed E-state index contributed by atoms with van der Waals surface area (Å²) in [5, 5.41) is 5.27. The first-order valence-corrected chi connectivity index (χ1v) is 10.1. The molecule has 2 N–H and O–H groups in total. The first-order chi connectivity index (χ1) is 15.6. The fourth-order valence-electron chi connectivity index (χ4n) is 4.48. The van der Waals surface area contributed by atoms with Crippen LogP contribution in [0.3, 0.4) is 0 Å². The van der Waals surface area contributed by atoms with E-state index in [0.29, 0.717) is 40.4 Å². The van der Waals surface area contributed by atoms with Gasteiger partial charge < -0.3 is 10.6 Å². The Balaban J connectivity index is 1.55. The summed E-state index contributed by atoms with van der Waals surface area (Å²) in [6, 6.07) is 4.30. The SMILES string of the molecule is CN(C(=O)c1cc2c(cc1F)nc(N)c1cnn(C)c12)[C@H]1CCc2nc(C(F)(F)F)ccc21. The molecule has 3 heterocycles. The van der Waals surface area contributed by atoms with E-state index in [9.17, 15) is 22.4 Å². The Morgan fingerprint density at radius 1 is 1.21 bits per heavy atom. The third-order valence-corrected chi connectivity index (χ3v) is 6.13. The van der Waals surface area contributed by atoms with Gasteiger partial charge in [-0.25, -0.2) is 14.4 Å². The Morgan fingerprint density at radius 2 is 1.97 bits per heavy atom. The predicted molar refractivity (Wildman–Crippen MR) is 113 cm³/mol. The van der Waals surface area contributed by atoms with Gasteiger partial charge in [0.15, 0.2) is 0 Å².